The van der Waals surface area contributed by atoms with Gasteiger partial charge in [-0.2, -0.15) is 0 Å². The highest BCUT2D eigenvalue weighted by atomic mass is 16.5. The summed E-state index contributed by atoms with van der Waals surface area (Å²) < 4.78 is 5.02. The molecule has 0 radical (unpaired) electrons. The molecule has 5 nitrogen and oxygen atoms in total. The number of amides is 1. The Morgan fingerprint density at radius 3 is 2.75 bits per heavy atom. The van der Waals surface area contributed by atoms with Gasteiger partial charge >= 0.3 is 5.97 Å². The Balaban J connectivity index is 2.20. The van der Waals surface area contributed by atoms with Crippen molar-refractivity contribution in [3.8, 4) is 0 Å². The summed E-state index contributed by atoms with van der Waals surface area (Å²) in [5.41, 5.74) is 5.63. The van der Waals surface area contributed by atoms with E-state index in [9.17, 15) is 9.59 Å². The maximum atomic E-state index is 11.4. The second-order valence-corrected chi connectivity index (χ2v) is 4.42. The molecule has 1 saturated heterocycles. The van der Waals surface area contributed by atoms with Crippen LogP contribution in [0.4, 0.5) is 0 Å². The fourth-order valence-electron chi connectivity index (χ4n) is 1.57. The van der Waals surface area contributed by atoms with Gasteiger partial charge in [0.25, 0.3) is 0 Å². The van der Waals surface area contributed by atoms with Crippen LogP contribution in [0.15, 0.2) is 0 Å². The SMILES string of the molecule is CC(C)[C@H](N)C(=O)OCCN1CCCC1=O. The summed E-state index contributed by atoms with van der Waals surface area (Å²) in [6.07, 6.45) is 1.51. The molecule has 1 atom stereocenters. The molecule has 0 aromatic carbocycles. The highest BCUT2D eigenvalue weighted by Gasteiger charge is 2.22. The van der Waals surface area contributed by atoms with Crippen LogP contribution in [0.5, 0.6) is 0 Å². The molecule has 1 aliphatic rings. The zero-order valence-corrected chi connectivity index (χ0v) is 9.94. The summed E-state index contributed by atoms with van der Waals surface area (Å²) in [7, 11) is 0. The average Bonchev–Trinajstić information content (AvgIpc) is 2.63. The Bertz CT molecular complexity index is 266. The number of rotatable bonds is 5. The van der Waals surface area contributed by atoms with Gasteiger partial charge < -0.3 is 15.4 Å². The Hall–Kier alpha value is -1.10. The van der Waals surface area contributed by atoms with Crippen LogP contribution in [-0.2, 0) is 14.3 Å². The van der Waals surface area contributed by atoms with E-state index in [0.717, 1.165) is 13.0 Å². The van der Waals surface area contributed by atoms with Gasteiger partial charge in [-0.3, -0.25) is 9.59 Å². The van der Waals surface area contributed by atoms with E-state index < -0.39 is 6.04 Å². The van der Waals surface area contributed by atoms with Crippen molar-refractivity contribution in [3.05, 3.63) is 0 Å². The second-order valence-electron chi connectivity index (χ2n) is 4.42. The Labute approximate surface area is 95.9 Å². The fourth-order valence-corrected chi connectivity index (χ4v) is 1.57. The molecule has 1 amide bonds. The molecule has 1 heterocycles. The van der Waals surface area contributed by atoms with Gasteiger partial charge in [0.05, 0.1) is 6.54 Å². The lowest BCUT2D eigenvalue weighted by Crippen LogP contribution is -2.38. The van der Waals surface area contributed by atoms with Gasteiger partial charge in [0.15, 0.2) is 0 Å². The number of esters is 1. The molecule has 0 bridgehead atoms. The number of likely N-dealkylation sites (tertiary alicyclic amines) is 1. The van der Waals surface area contributed by atoms with Crippen LogP contribution in [-0.4, -0.2) is 42.5 Å². The topological polar surface area (TPSA) is 72.6 Å². The van der Waals surface area contributed by atoms with Crippen molar-refractivity contribution in [2.75, 3.05) is 19.7 Å². The van der Waals surface area contributed by atoms with Gasteiger partial charge in [-0.1, -0.05) is 13.8 Å². The molecule has 5 heteroatoms. The van der Waals surface area contributed by atoms with Crippen LogP contribution in [0, 0.1) is 5.92 Å². The lowest BCUT2D eigenvalue weighted by atomic mass is 10.1. The predicted octanol–water partition coefficient (Wildman–Crippen LogP) is 0.135. The van der Waals surface area contributed by atoms with Crippen molar-refractivity contribution in [2.24, 2.45) is 11.7 Å². The standard InChI is InChI=1S/C11H20N2O3/c1-8(2)10(12)11(15)16-7-6-13-5-3-4-9(13)14/h8,10H,3-7,12H2,1-2H3/t10-/m0/s1. The molecule has 0 spiro atoms. The normalized spacial score (nSPS) is 18.0. The smallest absolute Gasteiger partial charge is 0.323 e. The zero-order valence-electron chi connectivity index (χ0n) is 9.94. The van der Waals surface area contributed by atoms with Crippen molar-refractivity contribution < 1.29 is 14.3 Å². The molecule has 92 valence electrons. The van der Waals surface area contributed by atoms with Crippen molar-refractivity contribution in [1.29, 1.82) is 0 Å². The van der Waals surface area contributed by atoms with E-state index in [1.54, 1.807) is 4.90 Å². The number of hydrogen-bond acceptors (Lipinski definition) is 4. The van der Waals surface area contributed by atoms with E-state index in [2.05, 4.69) is 0 Å². The van der Waals surface area contributed by atoms with Crippen LogP contribution >= 0.6 is 0 Å². The van der Waals surface area contributed by atoms with Gasteiger partial charge in [0.1, 0.15) is 12.6 Å². The van der Waals surface area contributed by atoms with Crippen LogP contribution in [0.3, 0.4) is 0 Å². The highest BCUT2D eigenvalue weighted by molar-refractivity contribution is 5.78. The van der Waals surface area contributed by atoms with E-state index in [4.69, 9.17) is 10.5 Å². The quantitative estimate of drug-likeness (QED) is 0.679. The van der Waals surface area contributed by atoms with Crippen LogP contribution in [0.25, 0.3) is 0 Å². The minimum atomic E-state index is -0.575. The first kappa shape index (κ1) is 13.0. The maximum Gasteiger partial charge on any atom is 0.323 e. The molecule has 2 N–H and O–H groups in total. The summed E-state index contributed by atoms with van der Waals surface area (Å²) in [5, 5.41) is 0. The summed E-state index contributed by atoms with van der Waals surface area (Å²) >= 11 is 0. The number of nitrogens with two attached hydrogens (primary N) is 1. The minimum absolute atomic E-state index is 0.0703. The summed E-state index contributed by atoms with van der Waals surface area (Å²) in [4.78, 5) is 24.4. The van der Waals surface area contributed by atoms with Gasteiger partial charge in [0.2, 0.25) is 5.91 Å². The van der Waals surface area contributed by atoms with Gasteiger partial charge in [-0.15, -0.1) is 0 Å². The Morgan fingerprint density at radius 1 is 1.56 bits per heavy atom. The number of carbonyl (C=O) groups excluding carboxylic acids is 2. The largest absolute Gasteiger partial charge is 0.463 e. The van der Waals surface area contributed by atoms with E-state index in [0.29, 0.717) is 13.0 Å². The summed E-state index contributed by atoms with van der Waals surface area (Å²) in [6.45, 7) is 5.23. The van der Waals surface area contributed by atoms with Crippen molar-refractivity contribution in [2.45, 2.75) is 32.7 Å². The maximum absolute atomic E-state index is 11.4. The lowest BCUT2D eigenvalue weighted by molar-refractivity contribution is -0.147. The van der Waals surface area contributed by atoms with Crippen LogP contribution in [0.2, 0.25) is 0 Å². The molecule has 0 saturated carbocycles. The van der Waals surface area contributed by atoms with Gasteiger partial charge in [0, 0.05) is 13.0 Å². The van der Waals surface area contributed by atoms with Crippen molar-refractivity contribution in [3.63, 3.8) is 0 Å². The third-order valence-corrected chi connectivity index (χ3v) is 2.77. The third kappa shape index (κ3) is 3.48. The Kier molecular flexibility index (Phi) is 4.73. The number of carbonyl (C=O) groups is 2. The van der Waals surface area contributed by atoms with Crippen LogP contribution in [0.1, 0.15) is 26.7 Å². The molecule has 1 rings (SSSR count). The van der Waals surface area contributed by atoms with E-state index in [-0.39, 0.29) is 24.4 Å². The van der Waals surface area contributed by atoms with Gasteiger partial charge in [-0.25, -0.2) is 0 Å². The molecule has 0 unspecified atom stereocenters. The fraction of sp³-hybridized carbons (Fsp3) is 0.818. The first-order valence-corrected chi connectivity index (χ1v) is 5.72. The lowest BCUT2D eigenvalue weighted by Gasteiger charge is -2.18. The molecule has 1 aliphatic heterocycles. The highest BCUT2D eigenvalue weighted by Crippen LogP contribution is 2.08. The number of hydrogen-bond donors (Lipinski definition) is 1. The van der Waals surface area contributed by atoms with E-state index in [1.807, 2.05) is 13.8 Å². The van der Waals surface area contributed by atoms with Crippen molar-refractivity contribution in [1.82, 2.24) is 4.90 Å². The molecule has 0 aromatic heterocycles. The monoisotopic (exact) mass is 228 g/mol. The molecule has 1 fully saturated rings. The number of nitrogens with zero attached hydrogens (tertiary/aromatic N) is 1. The second kappa shape index (κ2) is 5.84. The van der Waals surface area contributed by atoms with E-state index in [1.165, 1.54) is 0 Å². The summed E-state index contributed by atoms with van der Waals surface area (Å²) in [5.74, 6) is -0.174. The minimum Gasteiger partial charge on any atom is -0.463 e. The molecule has 0 aromatic rings. The third-order valence-electron chi connectivity index (χ3n) is 2.77. The molecular weight excluding hydrogens is 208 g/mol. The van der Waals surface area contributed by atoms with Crippen molar-refractivity contribution >= 4 is 11.9 Å². The first-order chi connectivity index (χ1) is 7.52. The van der Waals surface area contributed by atoms with E-state index >= 15 is 0 Å². The molecule has 0 aliphatic carbocycles. The first-order valence-electron chi connectivity index (χ1n) is 5.72. The average molecular weight is 228 g/mol. The predicted molar refractivity (Wildman–Crippen MR) is 59.6 cm³/mol. The van der Waals surface area contributed by atoms with Crippen LogP contribution < -0.4 is 5.73 Å². The zero-order chi connectivity index (χ0) is 12.1. The Morgan fingerprint density at radius 2 is 2.25 bits per heavy atom. The summed E-state index contributed by atoms with van der Waals surface area (Å²) in [6, 6.07) is -0.575. The molecule has 16 heavy (non-hydrogen) atoms. The molecular formula is C11H20N2O3. The van der Waals surface area contributed by atoms with Gasteiger partial charge in [-0.05, 0) is 12.3 Å². The number of ether oxygens (including phenoxy) is 1.